The van der Waals surface area contributed by atoms with Gasteiger partial charge in [-0.3, -0.25) is 0 Å². The molecule has 1 aliphatic rings. The van der Waals surface area contributed by atoms with Crippen molar-refractivity contribution in [3.63, 3.8) is 0 Å². The summed E-state index contributed by atoms with van der Waals surface area (Å²) >= 11 is 4.03. The molecule has 5 heteroatoms. The van der Waals surface area contributed by atoms with Gasteiger partial charge in [0, 0.05) is 17.9 Å². The molecule has 2 aromatic rings. The predicted molar refractivity (Wildman–Crippen MR) is 101 cm³/mol. The highest BCUT2D eigenvalue weighted by atomic mass is 32.2. The van der Waals surface area contributed by atoms with Gasteiger partial charge in [-0.25, -0.2) is 0 Å². The molecule has 1 saturated heterocycles. The molecule has 1 heterocycles. The number of hydrogen-bond acceptors (Lipinski definition) is 5. The van der Waals surface area contributed by atoms with Gasteiger partial charge in [0.2, 0.25) is 0 Å². The second-order valence-electron chi connectivity index (χ2n) is 5.33. The Morgan fingerprint density at radius 2 is 1.42 bits per heavy atom. The zero-order chi connectivity index (χ0) is 16.6. The fourth-order valence-electron chi connectivity index (χ4n) is 2.34. The topological polar surface area (TPSA) is 42.2 Å². The van der Waals surface area contributed by atoms with Gasteiger partial charge in [0.25, 0.3) is 0 Å². The van der Waals surface area contributed by atoms with Crippen LogP contribution in [0.15, 0.2) is 48.5 Å². The Labute approximate surface area is 151 Å². The average Bonchev–Trinajstić information content (AvgIpc) is 3.17. The SMILES string of the molecule is N#Cc1ccc(OCCCOc2ccc(C3SCCS3)cc2)cc1. The summed E-state index contributed by atoms with van der Waals surface area (Å²) in [5, 5.41) is 8.75. The summed E-state index contributed by atoms with van der Waals surface area (Å²) in [6.07, 6.45) is 0.816. The summed E-state index contributed by atoms with van der Waals surface area (Å²) in [7, 11) is 0. The van der Waals surface area contributed by atoms with Crippen molar-refractivity contribution in [2.45, 2.75) is 11.0 Å². The monoisotopic (exact) mass is 357 g/mol. The normalized spacial score (nSPS) is 14.3. The molecule has 0 saturated carbocycles. The van der Waals surface area contributed by atoms with Gasteiger partial charge >= 0.3 is 0 Å². The van der Waals surface area contributed by atoms with Crippen molar-refractivity contribution in [1.29, 1.82) is 5.26 Å². The fourth-order valence-corrected chi connectivity index (χ4v) is 5.20. The molecular formula is C19H19NO2S2. The zero-order valence-corrected chi connectivity index (χ0v) is 14.9. The molecule has 0 bridgehead atoms. The van der Waals surface area contributed by atoms with E-state index in [2.05, 4.69) is 30.3 Å². The second kappa shape index (κ2) is 8.91. The van der Waals surface area contributed by atoms with E-state index in [0.717, 1.165) is 17.9 Å². The maximum atomic E-state index is 8.75. The Morgan fingerprint density at radius 1 is 0.875 bits per heavy atom. The van der Waals surface area contributed by atoms with Crippen LogP contribution in [0.3, 0.4) is 0 Å². The van der Waals surface area contributed by atoms with E-state index in [1.165, 1.54) is 17.1 Å². The highest BCUT2D eigenvalue weighted by molar-refractivity contribution is 8.19. The number of rotatable bonds is 7. The minimum Gasteiger partial charge on any atom is -0.493 e. The van der Waals surface area contributed by atoms with Crippen molar-refractivity contribution < 1.29 is 9.47 Å². The third-order valence-corrected chi connectivity index (χ3v) is 6.69. The minimum atomic E-state index is 0.583. The van der Waals surface area contributed by atoms with Crippen molar-refractivity contribution >= 4 is 23.5 Å². The lowest BCUT2D eigenvalue weighted by atomic mass is 10.2. The molecule has 0 spiro atoms. The van der Waals surface area contributed by atoms with E-state index in [1.54, 1.807) is 12.1 Å². The maximum absolute atomic E-state index is 8.75. The van der Waals surface area contributed by atoms with Crippen LogP contribution >= 0.6 is 23.5 Å². The molecule has 1 aliphatic heterocycles. The highest BCUT2D eigenvalue weighted by Crippen LogP contribution is 2.45. The number of nitriles is 1. The van der Waals surface area contributed by atoms with Crippen molar-refractivity contribution in [2.24, 2.45) is 0 Å². The molecule has 0 radical (unpaired) electrons. The minimum absolute atomic E-state index is 0.583. The average molecular weight is 358 g/mol. The van der Waals surface area contributed by atoms with E-state index in [1.807, 2.05) is 35.7 Å². The van der Waals surface area contributed by atoms with E-state index in [9.17, 15) is 0 Å². The van der Waals surface area contributed by atoms with E-state index in [0.29, 0.717) is 23.4 Å². The molecule has 0 aliphatic carbocycles. The molecule has 0 N–H and O–H groups in total. The summed E-state index contributed by atoms with van der Waals surface area (Å²) in [5.41, 5.74) is 2.02. The lowest BCUT2D eigenvalue weighted by molar-refractivity contribution is 0.247. The van der Waals surface area contributed by atoms with Crippen molar-refractivity contribution in [3.8, 4) is 17.6 Å². The molecule has 24 heavy (non-hydrogen) atoms. The van der Waals surface area contributed by atoms with Crippen LogP contribution in [0.2, 0.25) is 0 Å². The lowest BCUT2D eigenvalue weighted by Gasteiger charge is -2.11. The van der Waals surface area contributed by atoms with E-state index in [4.69, 9.17) is 14.7 Å². The Morgan fingerprint density at radius 3 is 1.96 bits per heavy atom. The molecule has 3 nitrogen and oxygen atoms in total. The molecule has 0 amide bonds. The first-order valence-electron chi connectivity index (χ1n) is 7.94. The first-order chi connectivity index (χ1) is 11.8. The summed E-state index contributed by atoms with van der Waals surface area (Å²) < 4.78 is 12.0. The third kappa shape index (κ3) is 4.86. The first-order valence-corrected chi connectivity index (χ1v) is 10.0. The van der Waals surface area contributed by atoms with Crippen LogP contribution in [0.4, 0.5) is 0 Å². The smallest absolute Gasteiger partial charge is 0.119 e. The van der Waals surface area contributed by atoms with Crippen molar-refractivity contribution in [3.05, 3.63) is 59.7 Å². The van der Waals surface area contributed by atoms with Crippen LogP contribution in [0.25, 0.3) is 0 Å². The first kappa shape index (κ1) is 17.1. The van der Waals surface area contributed by atoms with Gasteiger partial charge in [-0.2, -0.15) is 5.26 Å². The molecule has 0 aromatic heterocycles. The summed E-state index contributed by atoms with van der Waals surface area (Å²) in [4.78, 5) is 0. The van der Waals surface area contributed by atoms with Gasteiger partial charge in [0.05, 0.1) is 29.4 Å². The summed E-state index contributed by atoms with van der Waals surface area (Å²) in [6.45, 7) is 1.22. The van der Waals surface area contributed by atoms with E-state index in [-0.39, 0.29) is 0 Å². The number of thioether (sulfide) groups is 2. The molecular weight excluding hydrogens is 338 g/mol. The Kier molecular flexibility index (Phi) is 6.33. The van der Waals surface area contributed by atoms with Gasteiger partial charge in [-0.05, 0) is 42.0 Å². The molecule has 2 aromatic carbocycles. The lowest BCUT2D eigenvalue weighted by Crippen LogP contribution is -2.05. The Hall–Kier alpha value is -1.77. The highest BCUT2D eigenvalue weighted by Gasteiger charge is 2.17. The quantitative estimate of drug-likeness (QED) is 0.660. The Balaban J connectivity index is 1.36. The van der Waals surface area contributed by atoms with Crippen LogP contribution in [0.5, 0.6) is 11.5 Å². The van der Waals surface area contributed by atoms with Gasteiger partial charge < -0.3 is 9.47 Å². The summed E-state index contributed by atoms with van der Waals surface area (Å²) in [5.74, 6) is 4.18. The van der Waals surface area contributed by atoms with E-state index >= 15 is 0 Å². The predicted octanol–water partition coefficient (Wildman–Crippen LogP) is 4.88. The van der Waals surface area contributed by atoms with Crippen LogP contribution in [0, 0.1) is 11.3 Å². The number of ether oxygens (including phenoxy) is 2. The third-order valence-electron chi connectivity index (χ3n) is 3.58. The fraction of sp³-hybridized carbons (Fsp3) is 0.316. The molecule has 0 unspecified atom stereocenters. The number of benzene rings is 2. The standard InChI is InChI=1S/C19H19NO2S2/c20-14-15-2-6-17(7-3-15)21-10-1-11-22-18-8-4-16(5-9-18)19-23-12-13-24-19/h2-9,19H,1,10-13H2. The van der Waals surface area contributed by atoms with Crippen molar-refractivity contribution in [2.75, 3.05) is 24.7 Å². The van der Waals surface area contributed by atoms with Crippen LogP contribution < -0.4 is 9.47 Å². The van der Waals surface area contributed by atoms with Crippen LogP contribution in [0.1, 0.15) is 22.1 Å². The largest absolute Gasteiger partial charge is 0.493 e. The van der Waals surface area contributed by atoms with Crippen LogP contribution in [-0.4, -0.2) is 24.7 Å². The molecule has 3 rings (SSSR count). The number of hydrogen-bond donors (Lipinski definition) is 0. The van der Waals surface area contributed by atoms with Crippen molar-refractivity contribution in [1.82, 2.24) is 0 Å². The van der Waals surface area contributed by atoms with Crippen LogP contribution in [-0.2, 0) is 0 Å². The molecule has 1 fully saturated rings. The van der Waals surface area contributed by atoms with Gasteiger partial charge in [-0.15, -0.1) is 23.5 Å². The molecule has 0 atom stereocenters. The maximum Gasteiger partial charge on any atom is 0.119 e. The summed E-state index contributed by atoms with van der Waals surface area (Å²) in [6, 6.07) is 17.7. The zero-order valence-electron chi connectivity index (χ0n) is 13.3. The van der Waals surface area contributed by atoms with E-state index < -0.39 is 0 Å². The van der Waals surface area contributed by atoms with Gasteiger partial charge in [0.1, 0.15) is 11.5 Å². The van der Waals surface area contributed by atoms with Gasteiger partial charge in [0.15, 0.2) is 0 Å². The van der Waals surface area contributed by atoms with Gasteiger partial charge in [-0.1, -0.05) is 12.1 Å². The Bertz CT molecular complexity index is 674. The molecule has 124 valence electrons. The second-order valence-corrected chi connectivity index (χ2v) is 8.05. The number of nitrogens with zero attached hydrogens (tertiary/aromatic N) is 1.